The molecule has 0 fully saturated rings. The van der Waals surface area contributed by atoms with Crippen LogP contribution in [0.1, 0.15) is 5.69 Å². The van der Waals surface area contributed by atoms with Crippen LogP contribution in [-0.2, 0) is 11.3 Å². The third-order valence-electron chi connectivity index (χ3n) is 2.45. The minimum atomic E-state index is -0.0176. The molecular weight excluding hydrogens is 381 g/mol. The Balaban J connectivity index is 0.00000400. The monoisotopic (exact) mass is 403 g/mol. The summed E-state index contributed by atoms with van der Waals surface area (Å²) in [5, 5.41) is 6.03. The van der Waals surface area contributed by atoms with Crippen LogP contribution in [0.5, 0.6) is 0 Å². The minimum Gasteiger partial charge on any atom is -0.353 e. The molecule has 0 aliphatic carbocycles. The summed E-state index contributed by atoms with van der Waals surface area (Å²) in [6, 6.07) is 5.68. The van der Waals surface area contributed by atoms with Gasteiger partial charge in [0, 0.05) is 26.8 Å². The van der Waals surface area contributed by atoms with Gasteiger partial charge in [-0.1, -0.05) is 12.1 Å². The molecule has 0 saturated carbocycles. The zero-order valence-electron chi connectivity index (χ0n) is 12.4. The van der Waals surface area contributed by atoms with Gasteiger partial charge in [0.1, 0.15) is 0 Å². The number of aliphatic imine (C=N–C) groups is 1. The fraction of sp³-hybridized carbons (Fsp3) is 0.357. The number of pyridine rings is 1. The Bertz CT molecular complexity index is 462. The lowest BCUT2D eigenvalue weighted by molar-refractivity contribution is -0.127. The van der Waals surface area contributed by atoms with Gasteiger partial charge in [0.25, 0.3) is 0 Å². The van der Waals surface area contributed by atoms with Crippen LogP contribution in [0.15, 0.2) is 42.0 Å². The van der Waals surface area contributed by atoms with Gasteiger partial charge in [0.05, 0.1) is 18.8 Å². The van der Waals surface area contributed by atoms with E-state index in [1.165, 1.54) is 4.90 Å². The normalized spacial score (nSPS) is 10.3. The Hall–Kier alpha value is -1.64. The summed E-state index contributed by atoms with van der Waals surface area (Å²) in [4.78, 5) is 21.6. The Morgan fingerprint density at radius 3 is 2.76 bits per heavy atom. The van der Waals surface area contributed by atoms with Crippen molar-refractivity contribution in [1.82, 2.24) is 20.5 Å². The van der Waals surface area contributed by atoms with Crippen LogP contribution < -0.4 is 10.6 Å². The highest BCUT2D eigenvalue weighted by molar-refractivity contribution is 14.0. The van der Waals surface area contributed by atoms with Crippen molar-refractivity contribution >= 4 is 35.8 Å². The van der Waals surface area contributed by atoms with Crippen molar-refractivity contribution < 1.29 is 4.79 Å². The first-order valence-corrected chi connectivity index (χ1v) is 6.36. The molecular formula is C14H22IN5O. The number of carbonyl (C=O) groups excluding carboxylic acids is 1. The molecule has 116 valence electrons. The second kappa shape index (κ2) is 11.1. The van der Waals surface area contributed by atoms with E-state index in [0.29, 0.717) is 19.0 Å². The van der Waals surface area contributed by atoms with Crippen LogP contribution in [0.25, 0.3) is 0 Å². The van der Waals surface area contributed by atoms with Crippen LogP contribution in [-0.4, -0.2) is 48.9 Å². The first kappa shape index (κ1) is 19.4. The zero-order chi connectivity index (χ0) is 14.8. The molecule has 1 heterocycles. The Morgan fingerprint density at radius 2 is 2.19 bits per heavy atom. The number of rotatable bonds is 6. The number of likely N-dealkylation sites (N-methyl/N-ethyl adjacent to an activating group) is 1. The Labute approximate surface area is 142 Å². The van der Waals surface area contributed by atoms with E-state index in [1.54, 1.807) is 26.4 Å². The SMILES string of the molecule is C=CCNC(=NCc1ccccn1)NCC(=O)N(C)C.I. The van der Waals surface area contributed by atoms with Crippen molar-refractivity contribution in [3.63, 3.8) is 0 Å². The summed E-state index contributed by atoms with van der Waals surface area (Å²) in [6.07, 6.45) is 3.45. The van der Waals surface area contributed by atoms with E-state index < -0.39 is 0 Å². The smallest absolute Gasteiger partial charge is 0.241 e. The van der Waals surface area contributed by atoms with E-state index in [1.807, 2.05) is 18.2 Å². The molecule has 1 amide bonds. The third kappa shape index (κ3) is 8.28. The quantitative estimate of drug-likeness (QED) is 0.322. The molecule has 21 heavy (non-hydrogen) atoms. The van der Waals surface area contributed by atoms with Gasteiger partial charge >= 0.3 is 0 Å². The third-order valence-corrected chi connectivity index (χ3v) is 2.45. The zero-order valence-corrected chi connectivity index (χ0v) is 14.7. The number of hydrogen-bond donors (Lipinski definition) is 2. The largest absolute Gasteiger partial charge is 0.353 e. The molecule has 7 heteroatoms. The highest BCUT2D eigenvalue weighted by Crippen LogP contribution is 1.95. The van der Waals surface area contributed by atoms with E-state index in [0.717, 1.165) is 5.69 Å². The predicted octanol–water partition coefficient (Wildman–Crippen LogP) is 1.01. The van der Waals surface area contributed by atoms with Crippen LogP contribution in [0.3, 0.4) is 0 Å². The van der Waals surface area contributed by atoms with Gasteiger partial charge < -0.3 is 15.5 Å². The topological polar surface area (TPSA) is 69.6 Å². The molecule has 0 aliphatic heterocycles. The molecule has 1 rings (SSSR count). The number of nitrogens with zero attached hydrogens (tertiary/aromatic N) is 3. The summed E-state index contributed by atoms with van der Waals surface area (Å²) in [6.45, 7) is 4.86. The number of halogens is 1. The fourth-order valence-electron chi connectivity index (χ4n) is 1.31. The van der Waals surface area contributed by atoms with Crippen molar-refractivity contribution in [2.45, 2.75) is 6.54 Å². The van der Waals surface area contributed by atoms with Crippen molar-refractivity contribution in [1.29, 1.82) is 0 Å². The molecule has 2 N–H and O–H groups in total. The van der Waals surface area contributed by atoms with Gasteiger partial charge in [-0.3, -0.25) is 9.78 Å². The van der Waals surface area contributed by atoms with Crippen LogP contribution in [0.2, 0.25) is 0 Å². The van der Waals surface area contributed by atoms with Crippen molar-refractivity contribution in [2.75, 3.05) is 27.2 Å². The maximum Gasteiger partial charge on any atom is 0.241 e. The average molecular weight is 403 g/mol. The van der Waals surface area contributed by atoms with E-state index >= 15 is 0 Å². The first-order valence-electron chi connectivity index (χ1n) is 6.36. The fourth-order valence-corrected chi connectivity index (χ4v) is 1.31. The predicted molar refractivity (Wildman–Crippen MR) is 95.7 cm³/mol. The van der Waals surface area contributed by atoms with Crippen molar-refractivity contribution in [3.05, 3.63) is 42.7 Å². The molecule has 0 atom stereocenters. The molecule has 1 aromatic rings. The molecule has 0 bridgehead atoms. The summed E-state index contributed by atoms with van der Waals surface area (Å²) in [5.74, 6) is 0.543. The van der Waals surface area contributed by atoms with E-state index in [4.69, 9.17) is 0 Å². The van der Waals surface area contributed by atoms with Gasteiger partial charge in [-0.05, 0) is 12.1 Å². The molecule has 0 spiro atoms. The van der Waals surface area contributed by atoms with Gasteiger partial charge in [0.15, 0.2) is 5.96 Å². The Kier molecular flexibility index (Phi) is 10.2. The number of amides is 1. The summed E-state index contributed by atoms with van der Waals surface area (Å²) >= 11 is 0. The highest BCUT2D eigenvalue weighted by Gasteiger charge is 2.05. The van der Waals surface area contributed by atoms with E-state index in [2.05, 4.69) is 27.2 Å². The van der Waals surface area contributed by atoms with E-state index in [9.17, 15) is 4.79 Å². The Morgan fingerprint density at radius 1 is 1.43 bits per heavy atom. The maximum atomic E-state index is 11.5. The second-order valence-corrected chi connectivity index (χ2v) is 4.30. The number of guanidine groups is 1. The summed E-state index contributed by atoms with van der Waals surface area (Å²) in [7, 11) is 3.43. The number of hydrogen-bond acceptors (Lipinski definition) is 3. The number of nitrogens with one attached hydrogen (secondary N) is 2. The molecule has 0 unspecified atom stereocenters. The van der Waals surface area contributed by atoms with Crippen LogP contribution in [0.4, 0.5) is 0 Å². The maximum absolute atomic E-state index is 11.5. The lowest BCUT2D eigenvalue weighted by atomic mass is 10.3. The highest BCUT2D eigenvalue weighted by atomic mass is 127. The second-order valence-electron chi connectivity index (χ2n) is 4.30. The minimum absolute atomic E-state index is 0. The van der Waals surface area contributed by atoms with Gasteiger partial charge in [0.2, 0.25) is 5.91 Å². The van der Waals surface area contributed by atoms with E-state index in [-0.39, 0.29) is 36.4 Å². The average Bonchev–Trinajstić information content (AvgIpc) is 2.47. The van der Waals surface area contributed by atoms with Crippen molar-refractivity contribution in [2.24, 2.45) is 4.99 Å². The molecule has 6 nitrogen and oxygen atoms in total. The molecule has 1 aromatic heterocycles. The number of aromatic nitrogens is 1. The first-order chi connectivity index (χ1) is 9.63. The van der Waals surface area contributed by atoms with Gasteiger partial charge in [-0.2, -0.15) is 0 Å². The van der Waals surface area contributed by atoms with Crippen LogP contribution >= 0.6 is 24.0 Å². The summed E-state index contributed by atoms with van der Waals surface area (Å²) < 4.78 is 0. The molecule has 0 saturated heterocycles. The summed E-state index contributed by atoms with van der Waals surface area (Å²) in [5.41, 5.74) is 0.867. The molecule has 0 radical (unpaired) electrons. The lowest BCUT2D eigenvalue weighted by Gasteiger charge is -2.14. The van der Waals surface area contributed by atoms with Gasteiger partial charge in [-0.15, -0.1) is 30.6 Å². The van der Waals surface area contributed by atoms with Crippen molar-refractivity contribution in [3.8, 4) is 0 Å². The standard InChI is InChI=1S/C14H21N5O.HI/c1-4-8-16-14(18-11-13(20)19(2)3)17-10-12-7-5-6-9-15-12;/h4-7,9H,1,8,10-11H2,2-3H3,(H2,16,17,18);1H. The van der Waals surface area contributed by atoms with Gasteiger partial charge in [-0.25, -0.2) is 4.99 Å². The lowest BCUT2D eigenvalue weighted by Crippen LogP contribution is -2.43. The molecule has 0 aliphatic rings. The molecule has 0 aromatic carbocycles. The number of carbonyl (C=O) groups is 1. The van der Waals surface area contributed by atoms with Crippen LogP contribution in [0, 0.1) is 0 Å².